The van der Waals surface area contributed by atoms with Gasteiger partial charge in [-0.1, -0.05) is 30.3 Å². The van der Waals surface area contributed by atoms with Crippen LogP contribution in [0, 0.1) is 0 Å². The van der Waals surface area contributed by atoms with Crippen molar-refractivity contribution in [2.24, 2.45) is 0 Å². The van der Waals surface area contributed by atoms with Crippen molar-refractivity contribution in [2.45, 2.75) is 10.3 Å². The van der Waals surface area contributed by atoms with Crippen LogP contribution in [-0.2, 0) is 0 Å². The summed E-state index contributed by atoms with van der Waals surface area (Å²) in [5.74, 6) is 0. The molecule has 0 N–H and O–H groups in total. The van der Waals surface area contributed by atoms with Gasteiger partial charge >= 0.3 is 0 Å². The first kappa shape index (κ1) is 14.2. The van der Waals surface area contributed by atoms with Crippen LogP contribution in [0.15, 0.2) is 71.9 Å². The summed E-state index contributed by atoms with van der Waals surface area (Å²) in [7, 11) is 0. The number of rotatable bonds is 4. The third-order valence-electron chi connectivity index (χ3n) is 3.32. The lowest BCUT2D eigenvalue weighted by atomic mass is 10.1. The molecule has 106 valence electrons. The molecule has 3 aromatic rings. The summed E-state index contributed by atoms with van der Waals surface area (Å²) in [6.45, 7) is 0. The standard InChI is InChI=1S/C17H15ClN2S/c1-21-16-9-7-13(8-10-16)17(18)14-11-19-20(12-14)15-5-3-2-4-6-15/h2-12,17H,1H3. The molecule has 0 radical (unpaired) electrons. The Labute approximate surface area is 133 Å². The molecule has 0 bridgehead atoms. The largest absolute Gasteiger partial charge is 0.241 e. The zero-order valence-corrected chi connectivity index (χ0v) is 13.2. The number of thioether (sulfide) groups is 1. The highest BCUT2D eigenvalue weighted by atomic mass is 35.5. The molecule has 1 aromatic heterocycles. The number of para-hydroxylation sites is 1. The molecule has 2 nitrogen and oxygen atoms in total. The first-order valence-electron chi connectivity index (χ1n) is 6.66. The summed E-state index contributed by atoms with van der Waals surface area (Å²) in [6, 6.07) is 18.4. The first-order chi connectivity index (χ1) is 10.3. The molecule has 0 saturated carbocycles. The molecule has 1 unspecified atom stereocenters. The molecule has 0 aliphatic heterocycles. The number of hydrogen-bond donors (Lipinski definition) is 0. The second-order valence-corrected chi connectivity index (χ2v) is 6.01. The first-order valence-corrected chi connectivity index (χ1v) is 8.32. The van der Waals surface area contributed by atoms with E-state index in [4.69, 9.17) is 11.6 Å². The Morgan fingerprint density at radius 2 is 1.71 bits per heavy atom. The van der Waals surface area contributed by atoms with Gasteiger partial charge in [-0.3, -0.25) is 0 Å². The lowest BCUT2D eigenvalue weighted by Crippen LogP contribution is -1.94. The van der Waals surface area contributed by atoms with E-state index < -0.39 is 0 Å². The highest BCUT2D eigenvalue weighted by Crippen LogP contribution is 2.30. The smallest absolute Gasteiger partial charge is 0.0865 e. The predicted molar refractivity (Wildman–Crippen MR) is 89.5 cm³/mol. The fourth-order valence-electron chi connectivity index (χ4n) is 2.15. The Hall–Kier alpha value is -1.71. The van der Waals surface area contributed by atoms with Crippen molar-refractivity contribution >= 4 is 23.4 Å². The van der Waals surface area contributed by atoms with E-state index in [1.165, 1.54) is 4.90 Å². The highest BCUT2D eigenvalue weighted by Gasteiger charge is 2.13. The Bertz CT molecular complexity index is 707. The molecular formula is C17H15ClN2S. The molecule has 0 aliphatic carbocycles. The summed E-state index contributed by atoms with van der Waals surface area (Å²) in [5.41, 5.74) is 3.12. The van der Waals surface area contributed by atoms with Crippen molar-refractivity contribution < 1.29 is 0 Å². The van der Waals surface area contributed by atoms with Gasteiger partial charge in [-0.05, 0) is 36.1 Å². The summed E-state index contributed by atoms with van der Waals surface area (Å²) >= 11 is 8.29. The fourth-order valence-corrected chi connectivity index (χ4v) is 2.82. The van der Waals surface area contributed by atoms with E-state index in [1.54, 1.807) is 11.8 Å². The van der Waals surface area contributed by atoms with Crippen molar-refractivity contribution in [1.82, 2.24) is 9.78 Å². The lowest BCUT2D eigenvalue weighted by molar-refractivity contribution is 0.880. The van der Waals surface area contributed by atoms with Gasteiger partial charge in [0.2, 0.25) is 0 Å². The molecule has 1 heterocycles. The van der Waals surface area contributed by atoms with Crippen molar-refractivity contribution in [2.75, 3.05) is 6.26 Å². The maximum absolute atomic E-state index is 6.57. The van der Waals surface area contributed by atoms with Crippen molar-refractivity contribution in [3.05, 3.63) is 78.1 Å². The number of benzene rings is 2. The van der Waals surface area contributed by atoms with E-state index in [0.717, 1.165) is 16.8 Å². The summed E-state index contributed by atoms with van der Waals surface area (Å²) in [4.78, 5) is 1.24. The van der Waals surface area contributed by atoms with E-state index in [2.05, 4.69) is 35.6 Å². The highest BCUT2D eigenvalue weighted by molar-refractivity contribution is 7.98. The van der Waals surface area contributed by atoms with Crippen LogP contribution in [0.4, 0.5) is 0 Å². The third kappa shape index (κ3) is 3.14. The van der Waals surface area contributed by atoms with E-state index in [9.17, 15) is 0 Å². The van der Waals surface area contributed by atoms with Gasteiger partial charge in [0.05, 0.1) is 17.3 Å². The third-order valence-corrected chi connectivity index (χ3v) is 4.57. The second kappa shape index (κ2) is 6.37. The molecule has 0 spiro atoms. The summed E-state index contributed by atoms with van der Waals surface area (Å²) in [5, 5.41) is 4.21. The van der Waals surface area contributed by atoms with Crippen molar-refractivity contribution in [3.63, 3.8) is 0 Å². The van der Waals surface area contributed by atoms with Crippen molar-refractivity contribution in [3.8, 4) is 5.69 Å². The van der Waals surface area contributed by atoms with Crippen LogP contribution in [0.2, 0.25) is 0 Å². The van der Waals surface area contributed by atoms with Gasteiger partial charge in [0.15, 0.2) is 0 Å². The summed E-state index contributed by atoms with van der Waals surface area (Å²) < 4.78 is 1.85. The van der Waals surface area contributed by atoms with E-state index in [1.807, 2.05) is 47.4 Å². The minimum absolute atomic E-state index is 0.182. The lowest BCUT2D eigenvalue weighted by Gasteiger charge is -2.08. The molecule has 0 saturated heterocycles. The van der Waals surface area contributed by atoms with Gasteiger partial charge in [-0.2, -0.15) is 5.10 Å². The summed E-state index contributed by atoms with van der Waals surface area (Å²) in [6.07, 6.45) is 5.87. The molecule has 1 atom stereocenters. The Morgan fingerprint density at radius 3 is 2.38 bits per heavy atom. The number of alkyl halides is 1. The Kier molecular flexibility index (Phi) is 4.32. The van der Waals surface area contributed by atoms with Crippen LogP contribution in [0.5, 0.6) is 0 Å². The topological polar surface area (TPSA) is 17.8 Å². The van der Waals surface area contributed by atoms with Gasteiger partial charge in [0.25, 0.3) is 0 Å². The van der Waals surface area contributed by atoms with Crippen LogP contribution in [0.1, 0.15) is 16.5 Å². The quantitative estimate of drug-likeness (QED) is 0.502. The molecule has 0 aliphatic rings. The van der Waals surface area contributed by atoms with E-state index >= 15 is 0 Å². The van der Waals surface area contributed by atoms with Gasteiger partial charge < -0.3 is 0 Å². The zero-order chi connectivity index (χ0) is 14.7. The number of aromatic nitrogens is 2. The van der Waals surface area contributed by atoms with Gasteiger partial charge in [0.1, 0.15) is 0 Å². The van der Waals surface area contributed by atoms with Crippen LogP contribution < -0.4 is 0 Å². The fraction of sp³-hybridized carbons (Fsp3) is 0.118. The minimum atomic E-state index is -0.182. The van der Waals surface area contributed by atoms with E-state index in [0.29, 0.717) is 0 Å². The Balaban J connectivity index is 1.85. The average molecular weight is 315 g/mol. The molecule has 21 heavy (non-hydrogen) atoms. The zero-order valence-electron chi connectivity index (χ0n) is 11.6. The molecule has 2 aromatic carbocycles. The molecule has 0 fully saturated rings. The molecular weight excluding hydrogens is 300 g/mol. The average Bonchev–Trinajstić information content (AvgIpc) is 3.05. The predicted octanol–water partition coefficient (Wildman–Crippen LogP) is 4.92. The van der Waals surface area contributed by atoms with Crippen molar-refractivity contribution in [1.29, 1.82) is 0 Å². The van der Waals surface area contributed by atoms with Gasteiger partial charge in [-0.25, -0.2) is 4.68 Å². The van der Waals surface area contributed by atoms with Crippen LogP contribution in [-0.4, -0.2) is 16.0 Å². The molecule has 3 rings (SSSR count). The maximum atomic E-state index is 6.57. The van der Waals surface area contributed by atoms with Gasteiger partial charge in [0, 0.05) is 16.7 Å². The normalized spacial score (nSPS) is 12.3. The molecule has 0 amide bonds. The van der Waals surface area contributed by atoms with E-state index in [-0.39, 0.29) is 5.38 Å². The van der Waals surface area contributed by atoms with Crippen LogP contribution >= 0.6 is 23.4 Å². The van der Waals surface area contributed by atoms with Gasteiger partial charge in [-0.15, -0.1) is 23.4 Å². The Morgan fingerprint density at radius 1 is 1.00 bits per heavy atom. The maximum Gasteiger partial charge on any atom is 0.0865 e. The number of nitrogens with zero attached hydrogens (tertiary/aromatic N) is 2. The second-order valence-electron chi connectivity index (χ2n) is 4.69. The monoisotopic (exact) mass is 314 g/mol. The van der Waals surface area contributed by atoms with Crippen LogP contribution in [0.3, 0.4) is 0 Å². The number of hydrogen-bond acceptors (Lipinski definition) is 2. The minimum Gasteiger partial charge on any atom is -0.241 e. The SMILES string of the molecule is CSc1ccc(C(Cl)c2cnn(-c3ccccc3)c2)cc1. The molecule has 4 heteroatoms. The number of halogens is 1. The van der Waals surface area contributed by atoms with Crippen LogP contribution in [0.25, 0.3) is 5.69 Å².